The number of hydrogen-bond donors (Lipinski definition) is 0. The number of ketones is 1. The third-order valence-corrected chi connectivity index (χ3v) is 5.87. The first kappa shape index (κ1) is 15.3. The highest BCUT2D eigenvalue weighted by atomic mass is 16.2. The van der Waals surface area contributed by atoms with Crippen LogP contribution < -0.4 is 4.90 Å². The third-order valence-electron chi connectivity index (χ3n) is 5.87. The Hall–Kier alpha value is -3.01. The molecule has 2 aromatic rings. The summed E-state index contributed by atoms with van der Waals surface area (Å²) in [6.07, 6.45) is 5.07. The van der Waals surface area contributed by atoms with Crippen molar-refractivity contribution in [2.75, 3.05) is 4.90 Å². The first-order chi connectivity index (χ1) is 12.6. The van der Waals surface area contributed by atoms with Gasteiger partial charge < -0.3 is 0 Å². The largest absolute Gasteiger partial charge is 0.289 e. The lowest BCUT2D eigenvalue weighted by molar-refractivity contribution is -0.123. The second kappa shape index (κ2) is 5.49. The topological polar surface area (TPSA) is 54.5 Å². The predicted molar refractivity (Wildman–Crippen MR) is 96.5 cm³/mol. The molecule has 2 aromatic carbocycles. The standard InChI is InChI=1S/C22H17NO3/c24-20(13-5-2-1-3-6-13)16-7-4-8-17(12-16)23-21(25)18-14-9-10-15(11-14)19(18)22(23)26/h1-10,12,14-15,18-19H,11H2/t14-,15+,18-,19-/m0/s1. The molecule has 2 amide bonds. The number of hydrogen-bond acceptors (Lipinski definition) is 3. The maximum Gasteiger partial charge on any atom is 0.238 e. The second-order valence-electron chi connectivity index (χ2n) is 7.26. The summed E-state index contributed by atoms with van der Waals surface area (Å²) in [6, 6.07) is 15.8. The summed E-state index contributed by atoms with van der Waals surface area (Å²) in [5, 5.41) is 0. The van der Waals surface area contributed by atoms with E-state index in [4.69, 9.17) is 0 Å². The number of rotatable bonds is 3. The van der Waals surface area contributed by atoms with Crippen LogP contribution in [0.4, 0.5) is 5.69 Å². The Balaban J connectivity index is 1.49. The summed E-state index contributed by atoms with van der Waals surface area (Å²) in [5.41, 5.74) is 1.56. The maximum atomic E-state index is 12.9. The Morgan fingerprint density at radius 1 is 0.808 bits per heavy atom. The molecule has 26 heavy (non-hydrogen) atoms. The Labute approximate surface area is 151 Å². The van der Waals surface area contributed by atoms with E-state index in [1.807, 2.05) is 18.2 Å². The summed E-state index contributed by atoms with van der Waals surface area (Å²) >= 11 is 0. The fourth-order valence-corrected chi connectivity index (χ4v) is 4.70. The number of imide groups is 1. The number of nitrogens with zero attached hydrogens (tertiary/aromatic N) is 1. The molecule has 0 radical (unpaired) electrons. The van der Waals surface area contributed by atoms with E-state index in [1.54, 1.807) is 36.4 Å². The highest BCUT2D eigenvalue weighted by Crippen LogP contribution is 2.53. The Morgan fingerprint density at radius 3 is 2.08 bits per heavy atom. The molecule has 3 aliphatic rings. The third kappa shape index (κ3) is 2.05. The van der Waals surface area contributed by atoms with Crippen LogP contribution in [0.1, 0.15) is 22.3 Å². The average molecular weight is 343 g/mol. The van der Waals surface area contributed by atoms with E-state index in [0.717, 1.165) is 6.42 Å². The predicted octanol–water partition coefficient (Wildman–Crippen LogP) is 3.23. The first-order valence-corrected chi connectivity index (χ1v) is 8.91. The van der Waals surface area contributed by atoms with Crippen molar-refractivity contribution in [1.82, 2.24) is 0 Å². The number of carbonyl (C=O) groups is 3. The Kier molecular flexibility index (Phi) is 3.23. The molecule has 128 valence electrons. The molecular formula is C22H17NO3. The number of carbonyl (C=O) groups excluding carboxylic acids is 3. The van der Waals surface area contributed by atoms with Crippen molar-refractivity contribution in [2.24, 2.45) is 23.7 Å². The van der Waals surface area contributed by atoms with Gasteiger partial charge in [0.25, 0.3) is 0 Å². The molecular weight excluding hydrogens is 326 g/mol. The SMILES string of the molecule is O=C(c1ccccc1)c1cccc(N2C(=O)[C@@H]3[C@@H](C2=O)[C@H]2C=C[C@@H]3C2)c1. The van der Waals surface area contributed by atoms with Crippen LogP contribution in [0, 0.1) is 23.7 Å². The summed E-state index contributed by atoms with van der Waals surface area (Å²) in [4.78, 5) is 39.8. The van der Waals surface area contributed by atoms with Crippen molar-refractivity contribution < 1.29 is 14.4 Å². The molecule has 2 bridgehead atoms. The van der Waals surface area contributed by atoms with Crippen molar-refractivity contribution in [3.8, 4) is 0 Å². The molecule has 1 heterocycles. The van der Waals surface area contributed by atoms with Gasteiger partial charge in [0.1, 0.15) is 0 Å². The second-order valence-corrected chi connectivity index (χ2v) is 7.26. The Morgan fingerprint density at radius 2 is 1.42 bits per heavy atom. The lowest BCUT2D eigenvalue weighted by Crippen LogP contribution is -2.33. The molecule has 0 N–H and O–H groups in total. The van der Waals surface area contributed by atoms with Gasteiger partial charge in [-0.05, 0) is 30.4 Å². The molecule has 1 saturated heterocycles. The molecule has 1 saturated carbocycles. The van der Waals surface area contributed by atoms with E-state index >= 15 is 0 Å². The average Bonchev–Trinajstić information content (AvgIpc) is 3.36. The number of fused-ring (bicyclic) bond motifs is 5. The van der Waals surface area contributed by atoms with Gasteiger partial charge in [-0.15, -0.1) is 0 Å². The fraction of sp³-hybridized carbons (Fsp3) is 0.227. The summed E-state index contributed by atoms with van der Waals surface area (Å²) in [7, 11) is 0. The summed E-state index contributed by atoms with van der Waals surface area (Å²) < 4.78 is 0. The lowest BCUT2D eigenvalue weighted by atomic mass is 9.85. The highest BCUT2D eigenvalue weighted by molar-refractivity contribution is 6.23. The minimum absolute atomic E-state index is 0.117. The van der Waals surface area contributed by atoms with E-state index in [-0.39, 0.29) is 41.3 Å². The maximum absolute atomic E-state index is 12.9. The van der Waals surface area contributed by atoms with Gasteiger partial charge in [0.15, 0.2) is 5.78 Å². The first-order valence-electron chi connectivity index (χ1n) is 8.91. The zero-order valence-corrected chi connectivity index (χ0v) is 14.0. The van der Waals surface area contributed by atoms with Gasteiger partial charge >= 0.3 is 0 Å². The van der Waals surface area contributed by atoms with Crippen LogP contribution in [0.2, 0.25) is 0 Å². The molecule has 4 nitrogen and oxygen atoms in total. The van der Waals surface area contributed by atoms with Crippen LogP contribution in [-0.4, -0.2) is 17.6 Å². The Bertz CT molecular complexity index is 932. The molecule has 1 aliphatic heterocycles. The van der Waals surface area contributed by atoms with Crippen LogP contribution in [-0.2, 0) is 9.59 Å². The van der Waals surface area contributed by atoms with Gasteiger partial charge in [-0.2, -0.15) is 0 Å². The van der Waals surface area contributed by atoms with E-state index in [2.05, 4.69) is 12.2 Å². The van der Waals surface area contributed by atoms with Crippen molar-refractivity contribution >= 4 is 23.3 Å². The van der Waals surface area contributed by atoms with Gasteiger partial charge in [0, 0.05) is 11.1 Å². The molecule has 4 atom stereocenters. The zero-order valence-electron chi connectivity index (χ0n) is 14.0. The van der Waals surface area contributed by atoms with Crippen molar-refractivity contribution in [2.45, 2.75) is 6.42 Å². The van der Waals surface area contributed by atoms with Crippen LogP contribution in [0.25, 0.3) is 0 Å². The van der Waals surface area contributed by atoms with Gasteiger partial charge in [0.05, 0.1) is 17.5 Å². The van der Waals surface area contributed by atoms with E-state index in [1.165, 1.54) is 4.90 Å². The zero-order chi connectivity index (χ0) is 17.8. The van der Waals surface area contributed by atoms with Crippen LogP contribution >= 0.6 is 0 Å². The quantitative estimate of drug-likeness (QED) is 0.488. The molecule has 4 heteroatoms. The van der Waals surface area contributed by atoms with Crippen molar-refractivity contribution in [1.29, 1.82) is 0 Å². The molecule has 2 fully saturated rings. The van der Waals surface area contributed by atoms with E-state index in [0.29, 0.717) is 16.8 Å². The van der Waals surface area contributed by atoms with E-state index in [9.17, 15) is 14.4 Å². The summed E-state index contributed by atoms with van der Waals surface area (Å²) in [6.45, 7) is 0. The van der Waals surface area contributed by atoms with Crippen LogP contribution in [0.5, 0.6) is 0 Å². The van der Waals surface area contributed by atoms with E-state index < -0.39 is 0 Å². The lowest BCUT2D eigenvalue weighted by Gasteiger charge is -2.18. The number of anilines is 1. The molecule has 0 unspecified atom stereocenters. The normalized spacial score (nSPS) is 28.7. The van der Waals surface area contributed by atoms with Gasteiger partial charge in [-0.1, -0.05) is 54.6 Å². The van der Waals surface area contributed by atoms with Crippen LogP contribution in [0.15, 0.2) is 66.7 Å². The van der Waals surface area contributed by atoms with Gasteiger partial charge in [0.2, 0.25) is 11.8 Å². The molecule has 0 aromatic heterocycles. The number of benzene rings is 2. The molecule has 0 spiro atoms. The smallest absolute Gasteiger partial charge is 0.238 e. The van der Waals surface area contributed by atoms with Crippen molar-refractivity contribution in [3.05, 3.63) is 77.9 Å². The minimum Gasteiger partial charge on any atom is -0.289 e. The summed E-state index contributed by atoms with van der Waals surface area (Å²) in [5.74, 6) is -0.464. The number of amides is 2. The van der Waals surface area contributed by atoms with Crippen LogP contribution in [0.3, 0.4) is 0 Å². The molecule has 2 aliphatic carbocycles. The van der Waals surface area contributed by atoms with Crippen molar-refractivity contribution in [3.63, 3.8) is 0 Å². The van der Waals surface area contributed by atoms with Gasteiger partial charge in [-0.3, -0.25) is 14.4 Å². The monoisotopic (exact) mass is 343 g/mol. The highest BCUT2D eigenvalue weighted by Gasteiger charge is 2.59. The van der Waals surface area contributed by atoms with Gasteiger partial charge in [-0.25, -0.2) is 4.90 Å². The molecule has 5 rings (SSSR count). The fourth-order valence-electron chi connectivity index (χ4n) is 4.70. The minimum atomic E-state index is -0.231. The number of allylic oxidation sites excluding steroid dienone is 2.